The number of urea groups is 1. The molecule has 0 unspecified atom stereocenters. The van der Waals surface area contributed by atoms with E-state index in [1.807, 2.05) is 0 Å². The van der Waals surface area contributed by atoms with Gasteiger partial charge in [-0.1, -0.05) is 0 Å². The zero-order chi connectivity index (χ0) is 17.4. The summed E-state index contributed by atoms with van der Waals surface area (Å²) in [6, 6.07) is 8.20. The van der Waals surface area contributed by atoms with Gasteiger partial charge in [-0.2, -0.15) is 5.10 Å². The van der Waals surface area contributed by atoms with Crippen LogP contribution in [0.3, 0.4) is 0 Å². The molecule has 1 saturated carbocycles. The van der Waals surface area contributed by atoms with E-state index in [9.17, 15) is 14.7 Å². The van der Waals surface area contributed by atoms with E-state index in [4.69, 9.17) is 0 Å². The molecule has 130 valence electrons. The predicted molar refractivity (Wildman–Crippen MR) is 90.3 cm³/mol. The highest BCUT2D eigenvalue weighted by molar-refractivity contribution is 5.97. The van der Waals surface area contributed by atoms with Crippen molar-refractivity contribution in [2.45, 2.75) is 24.6 Å². The van der Waals surface area contributed by atoms with E-state index < -0.39 is 6.10 Å². The van der Waals surface area contributed by atoms with Gasteiger partial charge >= 0.3 is 6.03 Å². The molecule has 1 aliphatic carbocycles. The van der Waals surface area contributed by atoms with Gasteiger partial charge in [0.1, 0.15) is 0 Å². The Morgan fingerprint density at radius 2 is 2.12 bits per heavy atom. The van der Waals surface area contributed by atoms with E-state index in [1.54, 1.807) is 52.3 Å². The van der Waals surface area contributed by atoms with Crippen molar-refractivity contribution in [1.82, 2.24) is 20.4 Å². The van der Waals surface area contributed by atoms with Crippen LogP contribution in [0.15, 0.2) is 42.7 Å². The fraction of sp³-hybridized carbons (Fsp3) is 0.353. The molecule has 8 heteroatoms. The summed E-state index contributed by atoms with van der Waals surface area (Å²) >= 11 is 0. The smallest absolute Gasteiger partial charge is 0.321 e. The Morgan fingerprint density at radius 1 is 1.32 bits per heavy atom. The fourth-order valence-electron chi connectivity index (χ4n) is 3.34. The highest BCUT2D eigenvalue weighted by Gasteiger charge is 2.42. The number of hydrogen-bond donors (Lipinski definition) is 3. The average molecular weight is 341 g/mol. The predicted octanol–water partition coefficient (Wildman–Crippen LogP) is 0.517. The third-order valence-electron chi connectivity index (χ3n) is 4.75. The molecule has 0 spiro atoms. The lowest BCUT2D eigenvalue weighted by molar-refractivity contribution is -0.00588. The number of aromatic nitrogens is 2. The molecule has 8 nitrogen and oxygen atoms in total. The van der Waals surface area contributed by atoms with Crippen LogP contribution >= 0.6 is 0 Å². The summed E-state index contributed by atoms with van der Waals surface area (Å²) in [5.74, 6) is -0.202. The lowest BCUT2D eigenvalue weighted by Crippen LogP contribution is -2.56. The van der Waals surface area contributed by atoms with Crippen molar-refractivity contribution in [2.24, 2.45) is 0 Å². The van der Waals surface area contributed by atoms with Crippen molar-refractivity contribution in [3.05, 3.63) is 48.3 Å². The number of nitrogens with one attached hydrogen (secondary N) is 2. The summed E-state index contributed by atoms with van der Waals surface area (Å²) in [6.45, 7) is 1.25. The minimum Gasteiger partial charge on any atom is -0.391 e. The van der Waals surface area contributed by atoms with Gasteiger partial charge in [0.25, 0.3) is 5.91 Å². The molecule has 3 amide bonds. The molecular formula is C17H19N5O3. The second-order valence-electron chi connectivity index (χ2n) is 6.29. The summed E-state index contributed by atoms with van der Waals surface area (Å²) < 4.78 is 1.67. The Labute approximate surface area is 144 Å². The van der Waals surface area contributed by atoms with Gasteiger partial charge in [0.05, 0.1) is 18.2 Å². The maximum atomic E-state index is 12.5. The molecule has 3 N–H and O–H groups in total. The summed E-state index contributed by atoms with van der Waals surface area (Å²) in [5.41, 5.74) is 1.28. The van der Waals surface area contributed by atoms with Gasteiger partial charge in [-0.3, -0.25) is 14.4 Å². The quantitative estimate of drug-likeness (QED) is 0.755. The molecule has 3 atom stereocenters. The molecule has 1 aliphatic heterocycles. The zero-order valence-corrected chi connectivity index (χ0v) is 13.5. The van der Waals surface area contributed by atoms with E-state index in [1.165, 1.54) is 0 Å². The molecule has 2 aromatic rings. The molecule has 2 aliphatic rings. The number of carbonyl (C=O) groups is 2. The molecule has 1 aromatic heterocycles. The fourth-order valence-corrected chi connectivity index (χ4v) is 3.34. The summed E-state index contributed by atoms with van der Waals surface area (Å²) in [6.07, 6.45) is 3.42. The largest absolute Gasteiger partial charge is 0.391 e. The van der Waals surface area contributed by atoms with Gasteiger partial charge in [0.2, 0.25) is 0 Å². The first-order valence-electron chi connectivity index (χ1n) is 8.27. The van der Waals surface area contributed by atoms with E-state index in [-0.39, 0.29) is 24.0 Å². The summed E-state index contributed by atoms with van der Waals surface area (Å²) in [7, 11) is 0. The topological polar surface area (TPSA) is 99.5 Å². The van der Waals surface area contributed by atoms with Crippen LogP contribution in [-0.2, 0) is 0 Å². The SMILES string of the molecule is O=C(N[C@H]1C[C@@H](O)[C@@H]1n1cccn1)c1ccc(N2CCNC2=O)cc1. The first-order chi connectivity index (χ1) is 12.1. The standard InChI is InChI=1S/C17H19N5O3/c23-14-10-13(15(14)22-8-1-6-19-22)20-16(24)11-2-4-12(5-3-11)21-9-7-18-17(21)25/h1-6,8,13-15,23H,7,9-10H2,(H,18,25)(H,20,24)/t13-,14+,15+/m0/s1. The molecule has 2 fully saturated rings. The summed E-state index contributed by atoms with van der Waals surface area (Å²) in [4.78, 5) is 25.8. The lowest BCUT2D eigenvalue weighted by Gasteiger charge is -2.41. The first kappa shape index (κ1) is 15.6. The van der Waals surface area contributed by atoms with Crippen LogP contribution in [-0.4, -0.2) is 52.1 Å². The van der Waals surface area contributed by atoms with Crippen LogP contribution in [0, 0.1) is 0 Å². The number of carbonyl (C=O) groups excluding carboxylic acids is 2. The van der Waals surface area contributed by atoms with Crippen LogP contribution < -0.4 is 15.5 Å². The van der Waals surface area contributed by atoms with Crippen LogP contribution in [0.25, 0.3) is 0 Å². The van der Waals surface area contributed by atoms with Gasteiger partial charge in [0, 0.05) is 36.7 Å². The van der Waals surface area contributed by atoms with E-state index in [2.05, 4.69) is 15.7 Å². The molecule has 1 saturated heterocycles. The van der Waals surface area contributed by atoms with Crippen LogP contribution in [0.4, 0.5) is 10.5 Å². The third-order valence-corrected chi connectivity index (χ3v) is 4.75. The molecular weight excluding hydrogens is 322 g/mol. The number of rotatable bonds is 4. The molecule has 0 radical (unpaired) electrons. The number of anilines is 1. The van der Waals surface area contributed by atoms with Gasteiger partial charge in [-0.15, -0.1) is 0 Å². The normalized spacial score (nSPS) is 25.4. The van der Waals surface area contributed by atoms with Crippen molar-refractivity contribution in [3.8, 4) is 0 Å². The van der Waals surface area contributed by atoms with Crippen LogP contribution in [0.1, 0.15) is 22.8 Å². The Morgan fingerprint density at radius 3 is 2.72 bits per heavy atom. The maximum absolute atomic E-state index is 12.5. The number of aliphatic hydroxyl groups is 1. The van der Waals surface area contributed by atoms with Crippen molar-refractivity contribution >= 4 is 17.6 Å². The highest BCUT2D eigenvalue weighted by atomic mass is 16.3. The number of aliphatic hydroxyl groups excluding tert-OH is 1. The van der Waals surface area contributed by atoms with E-state index >= 15 is 0 Å². The van der Waals surface area contributed by atoms with E-state index in [0.29, 0.717) is 25.1 Å². The van der Waals surface area contributed by atoms with Crippen LogP contribution in [0.2, 0.25) is 0 Å². The average Bonchev–Trinajstić information content (AvgIpc) is 3.26. The number of benzene rings is 1. The monoisotopic (exact) mass is 341 g/mol. The lowest BCUT2D eigenvalue weighted by atomic mass is 9.83. The Hall–Kier alpha value is -2.87. The van der Waals surface area contributed by atoms with Crippen molar-refractivity contribution in [2.75, 3.05) is 18.0 Å². The maximum Gasteiger partial charge on any atom is 0.321 e. The van der Waals surface area contributed by atoms with Gasteiger partial charge in [-0.05, 0) is 36.8 Å². The Balaban J connectivity index is 1.42. The number of amides is 3. The van der Waals surface area contributed by atoms with Crippen molar-refractivity contribution in [1.29, 1.82) is 0 Å². The Bertz CT molecular complexity index is 774. The second kappa shape index (κ2) is 6.21. The van der Waals surface area contributed by atoms with Gasteiger partial charge in [-0.25, -0.2) is 4.79 Å². The van der Waals surface area contributed by atoms with Crippen molar-refractivity contribution < 1.29 is 14.7 Å². The number of hydrogen-bond acceptors (Lipinski definition) is 4. The number of nitrogens with zero attached hydrogens (tertiary/aromatic N) is 3. The second-order valence-corrected chi connectivity index (χ2v) is 6.29. The van der Waals surface area contributed by atoms with E-state index in [0.717, 1.165) is 5.69 Å². The summed E-state index contributed by atoms with van der Waals surface area (Å²) in [5, 5.41) is 19.8. The minimum absolute atomic E-state index is 0.122. The molecule has 25 heavy (non-hydrogen) atoms. The molecule has 1 aromatic carbocycles. The molecule has 0 bridgehead atoms. The van der Waals surface area contributed by atoms with Crippen LogP contribution in [0.5, 0.6) is 0 Å². The third kappa shape index (κ3) is 2.85. The minimum atomic E-state index is -0.513. The first-order valence-corrected chi connectivity index (χ1v) is 8.27. The Kier molecular flexibility index (Phi) is 3.89. The van der Waals surface area contributed by atoms with Crippen molar-refractivity contribution in [3.63, 3.8) is 0 Å². The zero-order valence-electron chi connectivity index (χ0n) is 13.5. The van der Waals surface area contributed by atoms with Gasteiger partial charge < -0.3 is 15.7 Å². The highest BCUT2D eigenvalue weighted by Crippen LogP contribution is 2.32. The van der Waals surface area contributed by atoms with Gasteiger partial charge in [0.15, 0.2) is 0 Å². The molecule has 4 rings (SSSR count). The molecule has 2 heterocycles.